The first-order valence-corrected chi connectivity index (χ1v) is 8.58. The zero-order valence-electron chi connectivity index (χ0n) is 14.8. The second-order valence-corrected chi connectivity index (χ2v) is 6.53. The summed E-state index contributed by atoms with van der Waals surface area (Å²) in [5.41, 5.74) is 9.66. The largest absolute Gasteiger partial charge is 0.497 e. The van der Waals surface area contributed by atoms with E-state index in [4.69, 9.17) is 22.1 Å². The van der Waals surface area contributed by atoms with Crippen LogP contribution in [0.2, 0.25) is 5.02 Å². The van der Waals surface area contributed by atoms with Gasteiger partial charge in [-0.3, -0.25) is 9.78 Å². The zero-order valence-corrected chi connectivity index (χ0v) is 15.6. The average Bonchev–Trinajstić information content (AvgIpc) is 2.96. The molecular formula is C20H20ClN3O2. The van der Waals surface area contributed by atoms with Crippen LogP contribution in [0.4, 0.5) is 5.69 Å². The molecule has 6 heteroatoms. The van der Waals surface area contributed by atoms with Crippen molar-refractivity contribution >= 4 is 23.1 Å². The summed E-state index contributed by atoms with van der Waals surface area (Å²) in [6, 6.07) is 10.6. The van der Waals surface area contributed by atoms with Gasteiger partial charge in [-0.25, -0.2) is 0 Å². The normalized spacial score (nSPS) is 12.0. The first-order valence-electron chi connectivity index (χ1n) is 8.20. The number of nitrogens with one attached hydrogen (secondary N) is 1. The fourth-order valence-electron chi connectivity index (χ4n) is 2.83. The van der Waals surface area contributed by atoms with Crippen LogP contribution in [0.5, 0.6) is 5.75 Å². The van der Waals surface area contributed by atoms with Crippen LogP contribution < -0.4 is 10.5 Å². The van der Waals surface area contributed by atoms with E-state index >= 15 is 0 Å². The van der Waals surface area contributed by atoms with Crippen LogP contribution in [0.15, 0.2) is 42.6 Å². The number of carbonyl (C=O) groups is 1. The Balaban J connectivity index is 1.95. The van der Waals surface area contributed by atoms with Crippen LogP contribution in [0.1, 0.15) is 45.8 Å². The summed E-state index contributed by atoms with van der Waals surface area (Å²) < 4.78 is 5.13. The molecule has 0 fully saturated rings. The Labute approximate surface area is 157 Å². The number of hydrogen-bond donors (Lipinski definition) is 2. The van der Waals surface area contributed by atoms with E-state index in [1.807, 2.05) is 19.9 Å². The summed E-state index contributed by atoms with van der Waals surface area (Å²) in [5.74, 6) is 0.488. The number of anilines is 1. The summed E-state index contributed by atoms with van der Waals surface area (Å²) in [7, 11) is 1.59. The molecule has 0 aliphatic carbocycles. The Kier molecular flexibility index (Phi) is 5.00. The minimum Gasteiger partial charge on any atom is -0.497 e. The summed E-state index contributed by atoms with van der Waals surface area (Å²) in [6.45, 7) is 3.82. The topological polar surface area (TPSA) is 81.0 Å². The number of pyridine rings is 1. The Morgan fingerprint density at radius 1 is 1.23 bits per heavy atom. The van der Waals surface area contributed by atoms with E-state index in [2.05, 4.69) is 9.97 Å². The van der Waals surface area contributed by atoms with Crippen molar-refractivity contribution in [1.29, 1.82) is 0 Å². The van der Waals surface area contributed by atoms with E-state index in [0.717, 1.165) is 17.0 Å². The Hall–Kier alpha value is -2.79. The van der Waals surface area contributed by atoms with Crippen LogP contribution >= 0.6 is 11.6 Å². The molecular weight excluding hydrogens is 350 g/mol. The van der Waals surface area contributed by atoms with Crippen LogP contribution in [0.25, 0.3) is 0 Å². The number of nitrogens with two attached hydrogens (primary N) is 1. The molecule has 0 spiro atoms. The molecule has 1 atom stereocenters. The van der Waals surface area contributed by atoms with E-state index < -0.39 is 0 Å². The average molecular weight is 370 g/mol. The standard InChI is InChI=1S/C20H20ClN3O2/c1-11(16-9-6-14(22)10-23-16)18-17(21)12(2)19(24-18)20(25)13-4-7-15(26-3)8-5-13/h4-11,24H,22H2,1-3H3. The molecule has 2 aromatic heterocycles. The molecule has 3 N–H and O–H groups in total. The fraction of sp³-hybridized carbons (Fsp3) is 0.200. The highest BCUT2D eigenvalue weighted by atomic mass is 35.5. The molecule has 0 saturated heterocycles. The number of H-pyrrole nitrogens is 1. The first kappa shape index (κ1) is 18.0. The smallest absolute Gasteiger partial charge is 0.209 e. The second kappa shape index (κ2) is 7.22. The van der Waals surface area contributed by atoms with Gasteiger partial charge in [-0.1, -0.05) is 18.5 Å². The molecule has 134 valence electrons. The number of halogens is 1. The van der Waals surface area contributed by atoms with Crippen molar-refractivity contribution in [3.8, 4) is 5.75 Å². The predicted octanol–water partition coefficient (Wildman–Crippen LogP) is 4.35. The molecule has 5 nitrogen and oxygen atoms in total. The predicted molar refractivity (Wildman–Crippen MR) is 103 cm³/mol. The van der Waals surface area contributed by atoms with E-state index in [0.29, 0.717) is 27.7 Å². The molecule has 2 heterocycles. The van der Waals surface area contributed by atoms with Gasteiger partial charge in [-0.05, 0) is 48.9 Å². The molecule has 3 rings (SSSR count). The van der Waals surface area contributed by atoms with Crippen LogP contribution in [-0.4, -0.2) is 22.9 Å². The summed E-state index contributed by atoms with van der Waals surface area (Å²) in [6.07, 6.45) is 1.61. The van der Waals surface area contributed by atoms with Crippen molar-refractivity contribution < 1.29 is 9.53 Å². The summed E-state index contributed by atoms with van der Waals surface area (Å²) in [4.78, 5) is 20.4. The molecule has 0 aliphatic rings. The van der Waals surface area contributed by atoms with Gasteiger partial charge in [0.05, 0.1) is 29.7 Å². The summed E-state index contributed by atoms with van der Waals surface area (Å²) in [5, 5.41) is 0.549. The number of nitrogen functional groups attached to an aromatic ring is 1. The van der Waals surface area contributed by atoms with E-state index in [1.54, 1.807) is 43.6 Å². The number of methoxy groups -OCH3 is 1. The number of rotatable bonds is 5. The number of nitrogens with zero attached hydrogens (tertiary/aromatic N) is 1. The number of benzene rings is 1. The van der Waals surface area contributed by atoms with Crippen molar-refractivity contribution in [2.45, 2.75) is 19.8 Å². The number of aromatic amines is 1. The molecule has 3 aromatic rings. The monoisotopic (exact) mass is 369 g/mol. The van der Waals surface area contributed by atoms with Crippen molar-refractivity contribution in [3.05, 3.63) is 75.8 Å². The first-order chi connectivity index (χ1) is 12.4. The van der Waals surface area contributed by atoms with Gasteiger partial charge in [0.2, 0.25) is 5.78 Å². The molecule has 1 aromatic carbocycles. The Bertz CT molecular complexity index is 931. The van der Waals surface area contributed by atoms with Crippen LogP contribution in [0, 0.1) is 6.92 Å². The van der Waals surface area contributed by atoms with Crippen molar-refractivity contribution in [3.63, 3.8) is 0 Å². The van der Waals surface area contributed by atoms with Gasteiger partial charge in [-0.2, -0.15) is 0 Å². The summed E-state index contributed by atoms with van der Waals surface area (Å²) >= 11 is 6.51. The van der Waals surface area contributed by atoms with Gasteiger partial charge >= 0.3 is 0 Å². The van der Waals surface area contributed by atoms with Crippen molar-refractivity contribution in [2.24, 2.45) is 0 Å². The van der Waals surface area contributed by atoms with Gasteiger partial charge in [-0.15, -0.1) is 0 Å². The molecule has 0 saturated carbocycles. The maximum absolute atomic E-state index is 12.9. The van der Waals surface area contributed by atoms with Crippen molar-refractivity contribution in [2.75, 3.05) is 12.8 Å². The number of ether oxygens (including phenoxy) is 1. The maximum Gasteiger partial charge on any atom is 0.209 e. The van der Waals surface area contributed by atoms with Gasteiger partial charge < -0.3 is 15.5 Å². The molecule has 0 bridgehead atoms. The molecule has 0 radical (unpaired) electrons. The maximum atomic E-state index is 12.9. The fourth-order valence-corrected chi connectivity index (χ4v) is 3.13. The number of hydrogen-bond acceptors (Lipinski definition) is 4. The zero-order chi connectivity index (χ0) is 18.8. The highest BCUT2D eigenvalue weighted by molar-refractivity contribution is 6.33. The van der Waals surface area contributed by atoms with Crippen molar-refractivity contribution in [1.82, 2.24) is 9.97 Å². The van der Waals surface area contributed by atoms with E-state index in [1.165, 1.54) is 0 Å². The third kappa shape index (κ3) is 3.30. The third-order valence-corrected chi connectivity index (χ3v) is 4.95. The van der Waals surface area contributed by atoms with Gasteiger partial charge in [0.25, 0.3) is 0 Å². The molecule has 26 heavy (non-hydrogen) atoms. The number of ketones is 1. The molecule has 0 aliphatic heterocycles. The van der Waals surface area contributed by atoms with E-state index in [9.17, 15) is 4.79 Å². The lowest BCUT2D eigenvalue weighted by atomic mass is 10.0. The second-order valence-electron chi connectivity index (χ2n) is 6.15. The SMILES string of the molecule is COc1ccc(C(=O)c2[nH]c(C(C)c3ccc(N)cn3)c(Cl)c2C)cc1. The quantitative estimate of drug-likeness (QED) is 0.655. The van der Waals surface area contributed by atoms with Gasteiger partial charge in [0, 0.05) is 22.9 Å². The molecule has 1 unspecified atom stereocenters. The number of aromatic nitrogens is 2. The lowest BCUT2D eigenvalue weighted by Crippen LogP contribution is -2.05. The van der Waals surface area contributed by atoms with Gasteiger partial charge in [0.1, 0.15) is 5.75 Å². The van der Waals surface area contributed by atoms with Crippen LogP contribution in [0.3, 0.4) is 0 Å². The Morgan fingerprint density at radius 3 is 2.50 bits per heavy atom. The molecule has 0 amide bonds. The highest BCUT2D eigenvalue weighted by Gasteiger charge is 2.23. The number of carbonyl (C=O) groups excluding carboxylic acids is 1. The lowest BCUT2D eigenvalue weighted by Gasteiger charge is -2.10. The minimum absolute atomic E-state index is 0.0979. The van der Waals surface area contributed by atoms with Gasteiger partial charge in [0.15, 0.2) is 0 Å². The van der Waals surface area contributed by atoms with Crippen LogP contribution in [-0.2, 0) is 0 Å². The van der Waals surface area contributed by atoms with E-state index in [-0.39, 0.29) is 11.7 Å². The minimum atomic E-state index is -0.115. The Morgan fingerprint density at radius 2 is 1.92 bits per heavy atom. The third-order valence-electron chi connectivity index (χ3n) is 4.47. The highest BCUT2D eigenvalue weighted by Crippen LogP contribution is 2.33. The lowest BCUT2D eigenvalue weighted by molar-refractivity contribution is 0.103.